The van der Waals surface area contributed by atoms with Crippen LogP contribution in [0.5, 0.6) is 0 Å². The van der Waals surface area contributed by atoms with E-state index in [2.05, 4.69) is 5.10 Å². The van der Waals surface area contributed by atoms with Crippen molar-refractivity contribution >= 4 is 11.6 Å². The van der Waals surface area contributed by atoms with Crippen molar-refractivity contribution in [2.75, 3.05) is 26.2 Å². The van der Waals surface area contributed by atoms with Gasteiger partial charge >= 0.3 is 0 Å². The largest absolute Gasteiger partial charge is 0.378 e. The molecule has 1 saturated heterocycles. The SMILES string of the molecule is NCCCOC1CCN(C(=O)c2ccn(-c3cccc([N+](=O)[O-])c3)n2)CC1. The molecule has 0 aliphatic carbocycles. The molecule has 9 nitrogen and oxygen atoms in total. The van der Waals surface area contributed by atoms with Crippen LogP contribution in [-0.4, -0.2) is 57.9 Å². The zero-order valence-corrected chi connectivity index (χ0v) is 15.0. The van der Waals surface area contributed by atoms with Crippen molar-refractivity contribution in [2.45, 2.75) is 25.4 Å². The van der Waals surface area contributed by atoms with Crippen LogP contribution in [0.3, 0.4) is 0 Å². The van der Waals surface area contributed by atoms with Crippen molar-refractivity contribution in [3.63, 3.8) is 0 Å². The summed E-state index contributed by atoms with van der Waals surface area (Å²) in [6, 6.07) is 7.76. The van der Waals surface area contributed by atoms with E-state index in [9.17, 15) is 14.9 Å². The molecule has 2 N–H and O–H groups in total. The fourth-order valence-corrected chi connectivity index (χ4v) is 3.05. The Labute approximate surface area is 156 Å². The molecule has 0 atom stereocenters. The number of nitro groups is 1. The number of piperidine rings is 1. The molecule has 9 heteroatoms. The molecule has 0 radical (unpaired) electrons. The molecule has 1 aliphatic heterocycles. The van der Waals surface area contributed by atoms with Crippen LogP contribution in [0, 0.1) is 10.1 Å². The lowest BCUT2D eigenvalue weighted by molar-refractivity contribution is -0.384. The fraction of sp³-hybridized carbons (Fsp3) is 0.444. The highest BCUT2D eigenvalue weighted by molar-refractivity contribution is 5.92. The molecule has 0 saturated carbocycles. The summed E-state index contributed by atoms with van der Waals surface area (Å²) in [4.78, 5) is 24.9. The minimum absolute atomic E-state index is 0.0208. The second kappa shape index (κ2) is 8.74. The molecule has 1 aliphatic rings. The average molecular weight is 373 g/mol. The number of benzene rings is 1. The number of non-ortho nitro benzene ring substituents is 1. The number of rotatable bonds is 7. The molecule has 2 aromatic rings. The van der Waals surface area contributed by atoms with Gasteiger partial charge in [0.15, 0.2) is 5.69 Å². The van der Waals surface area contributed by atoms with Crippen molar-refractivity contribution < 1.29 is 14.5 Å². The zero-order valence-electron chi connectivity index (χ0n) is 15.0. The lowest BCUT2D eigenvalue weighted by atomic mass is 10.1. The molecule has 0 bridgehead atoms. The van der Waals surface area contributed by atoms with Crippen molar-refractivity contribution in [3.8, 4) is 5.69 Å². The van der Waals surface area contributed by atoms with Crippen LogP contribution in [0.1, 0.15) is 29.8 Å². The topological polar surface area (TPSA) is 117 Å². The number of aromatic nitrogens is 2. The minimum Gasteiger partial charge on any atom is -0.378 e. The quantitative estimate of drug-likeness (QED) is 0.449. The zero-order chi connectivity index (χ0) is 19.2. The van der Waals surface area contributed by atoms with Crippen LogP contribution >= 0.6 is 0 Å². The second-order valence-corrected chi connectivity index (χ2v) is 6.43. The molecule has 0 unspecified atom stereocenters. The van der Waals surface area contributed by atoms with E-state index in [0.717, 1.165) is 19.3 Å². The Hall–Kier alpha value is -2.78. The highest BCUT2D eigenvalue weighted by Gasteiger charge is 2.25. The number of nitro benzene ring substituents is 1. The summed E-state index contributed by atoms with van der Waals surface area (Å²) in [6.07, 6.45) is 4.23. The number of hydrogen-bond acceptors (Lipinski definition) is 6. The van der Waals surface area contributed by atoms with Crippen molar-refractivity contribution in [3.05, 3.63) is 52.3 Å². The van der Waals surface area contributed by atoms with E-state index < -0.39 is 4.92 Å². The molecular weight excluding hydrogens is 350 g/mol. The van der Waals surface area contributed by atoms with Crippen LogP contribution in [0.25, 0.3) is 5.69 Å². The Kier molecular flexibility index (Phi) is 6.15. The van der Waals surface area contributed by atoms with Gasteiger partial charge in [-0.3, -0.25) is 14.9 Å². The van der Waals surface area contributed by atoms with Gasteiger partial charge in [-0.1, -0.05) is 6.07 Å². The molecule has 144 valence electrons. The van der Waals surface area contributed by atoms with Gasteiger partial charge in [-0.25, -0.2) is 4.68 Å². The van der Waals surface area contributed by atoms with E-state index in [0.29, 0.717) is 37.6 Å². The standard InChI is InChI=1S/C18H23N5O4/c19-8-2-12-27-16-5-9-21(10-6-16)18(24)17-7-11-22(20-17)14-3-1-4-15(13-14)23(25)26/h1,3-4,7,11,13,16H,2,5-6,8-10,12,19H2. The Morgan fingerprint density at radius 2 is 2.11 bits per heavy atom. The Balaban J connectivity index is 1.61. The van der Waals surface area contributed by atoms with E-state index >= 15 is 0 Å². The average Bonchev–Trinajstić information content (AvgIpc) is 3.18. The van der Waals surface area contributed by atoms with Crippen molar-refractivity contribution in [2.24, 2.45) is 5.73 Å². The van der Waals surface area contributed by atoms with Gasteiger partial charge in [0, 0.05) is 38.0 Å². The summed E-state index contributed by atoms with van der Waals surface area (Å²) in [5.74, 6) is -0.139. The van der Waals surface area contributed by atoms with Gasteiger partial charge in [-0.2, -0.15) is 5.10 Å². The first-order valence-electron chi connectivity index (χ1n) is 9.00. The maximum atomic E-state index is 12.7. The van der Waals surface area contributed by atoms with Gasteiger partial charge in [0.25, 0.3) is 11.6 Å². The Morgan fingerprint density at radius 3 is 2.81 bits per heavy atom. The van der Waals surface area contributed by atoms with Crippen LogP contribution < -0.4 is 5.73 Å². The van der Waals surface area contributed by atoms with Gasteiger partial charge in [0.1, 0.15) is 0 Å². The molecule has 3 rings (SSSR count). The number of likely N-dealkylation sites (tertiary alicyclic amines) is 1. The van der Waals surface area contributed by atoms with Crippen molar-refractivity contribution in [1.82, 2.24) is 14.7 Å². The molecule has 1 amide bonds. The minimum atomic E-state index is -0.460. The highest BCUT2D eigenvalue weighted by atomic mass is 16.6. The van der Waals surface area contributed by atoms with Gasteiger partial charge in [-0.05, 0) is 37.9 Å². The first kappa shape index (κ1) is 19.0. The summed E-state index contributed by atoms with van der Waals surface area (Å²) >= 11 is 0. The maximum Gasteiger partial charge on any atom is 0.274 e. The predicted octanol–water partition coefficient (Wildman–Crippen LogP) is 1.75. The Morgan fingerprint density at radius 1 is 1.33 bits per heavy atom. The highest BCUT2D eigenvalue weighted by Crippen LogP contribution is 2.18. The van der Waals surface area contributed by atoms with Crippen LogP contribution in [0.2, 0.25) is 0 Å². The van der Waals surface area contributed by atoms with E-state index in [1.54, 1.807) is 29.3 Å². The summed E-state index contributed by atoms with van der Waals surface area (Å²) in [6.45, 7) is 2.51. The molecule has 27 heavy (non-hydrogen) atoms. The van der Waals surface area contributed by atoms with E-state index in [-0.39, 0.29) is 17.7 Å². The fourth-order valence-electron chi connectivity index (χ4n) is 3.05. The smallest absolute Gasteiger partial charge is 0.274 e. The van der Waals surface area contributed by atoms with Gasteiger partial charge < -0.3 is 15.4 Å². The molecular formula is C18H23N5O4. The van der Waals surface area contributed by atoms with Gasteiger partial charge in [0.2, 0.25) is 0 Å². The third kappa shape index (κ3) is 4.69. The molecule has 1 aromatic heterocycles. The number of ether oxygens (including phenoxy) is 1. The van der Waals surface area contributed by atoms with Crippen LogP contribution in [0.15, 0.2) is 36.5 Å². The predicted molar refractivity (Wildman–Crippen MR) is 98.8 cm³/mol. The van der Waals surface area contributed by atoms with E-state index in [4.69, 9.17) is 10.5 Å². The van der Waals surface area contributed by atoms with Crippen LogP contribution in [-0.2, 0) is 4.74 Å². The van der Waals surface area contributed by atoms with Crippen molar-refractivity contribution in [1.29, 1.82) is 0 Å². The Bertz CT molecular complexity index is 799. The van der Waals surface area contributed by atoms with E-state index in [1.165, 1.54) is 16.8 Å². The normalized spacial score (nSPS) is 15.1. The monoisotopic (exact) mass is 373 g/mol. The number of hydrogen-bond donors (Lipinski definition) is 1. The first-order valence-corrected chi connectivity index (χ1v) is 9.00. The van der Waals surface area contributed by atoms with Gasteiger partial charge in [-0.15, -0.1) is 0 Å². The lowest BCUT2D eigenvalue weighted by Crippen LogP contribution is -2.41. The molecule has 1 fully saturated rings. The van der Waals surface area contributed by atoms with Crippen LogP contribution in [0.4, 0.5) is 5.69 Å². The summed E-state index contributed by atoms with van der Waals surface area (Å²) in [7, 11) is 0. The number of nitrogens with two attached hydrogens (primary N) is 1. The van der Waals surface area contributed by atoms with Gasteiger partial charge in [0.05, 0.1) is 16.7 Å². The maximum absolute atomic E-state index is 12.7. The third-order valence-corrected chi connectivity index (χ3v) is 4.54. The number of carbonyl (C=O) groups excluding carboxylic acids is 1. The molecule has 1 aromatic carbocycles. The first-order chi connectivity index (χ1) is 13.1. The lowest BCUT2D eigenvalue weighted by Gasteiger charge is -2.31. The van der Waals surface area contributed by atoms with E-state index in [1.807, 2.05) is 0 Å². The summed E-state index contributed by atoms with van der Waals surface area (Å²) in [5.41, 5.74) is 6.30. The number of amides is 1. The summed E-state index contributed by atoms with van der Waals surface area (Å²) in [5, 5.41) is 15.2. The molecule has 2 heterocycles. The third-order valence-electron chi connectivity index (χ3n) is 4.54. The molecule has 0 spiro atoms. The number of nitrogens with zero attached hydrogens (tertiary/aromatic N) is 4. The number of carbonyl (C=O) groups is 1. The summed E-state index contributed by atoms with van der Waals surface area (Å²) < 4.78 is 7.23. The second-order valence-electron chi connectivity index (χ2n) is 6.43.